The SMILES string of the molecule is C=CC(=O)N1CCC2(CC1)CC(n1c(NC(=O)c3ccc(C(F)F)s3)nc3cc(CN[C@@H](C)C(C)(C)C)ccc31)C2. The predicted molar refractivity (Wildman–Crippen MR) is 159 cm³/mol. The summed E-state index contributed by atoms with van der Waals surface area (Å²) >= 11 is 0.798. The van der Waals surface area contributed by atoms with Gasteiger partial charge < -0.3 is 14.8 Å². The van der Waals surface area contributed by atoms with Crippen LogP contribution in [0.5, 0.6) is 0 Å². The predicted octanol–water partition coefficient (Wildman–Crippen LogP) is 6.94. The summed E-state index contributed by atoms with van der Waals surface area (Å²) in [5.74, 6) is -0.0268. The second kappa shape index (κ2) is 11.3. The van der Waals surface area contributed by atoms with E-state index in [0.717, 1.165) is 66.7 Å². The zero-order valence-electron chi connectivity index (χ0n) is 24.2. The number of carbonyl (C=O) groups excluding carboxylic acids is 2. The van der Waals surface area contributed by atoms with Gasteiger partial charge in [-0.05, 0) is 79.3 Å². The van der Waals surface area contributed by atoms with Gasteiger partial charge in [-0.25, -0.2) is 13.8 Å². The average molecular weight is 584 g/mol. The molecule has 220 valence electrons. The highest BCUT2D eigenvalue weighted by Crippen LogP contribution is 2.56. The lowest BCUT2D eigenvalue weighted by Crippen LogP contribution is -2.48. The van der Waals surface area contributed by atoms with E-state index in [4.69, 9.17) is 4.98 Å². The third kappa shape index (κ3) is 6.09. The number of likely N-dealkylation sites (tertiary alicyclic amines) is 1. The quantitative estimate of drug-likeness (QED) is 0.282. The largest absolute Gasteiger partial charge is 0.339 e. The van der Waals surface area contributed by atoms with E-state index >= 15 is 0 Å². The molecule has 41 heavy (non-hydrogen) atoms. The lowest BCUT2D eigenvalue weighted by atomic mass is 9.60. The van der Waals surface area contributed by atoms with Crippen LogP contribution in [0.4, 0.5) is 14.7 Å². The van der Waals surface area contributed by atoms with E-state index in [2.05, 4.69) is 67.7 Å². The van der Waals surface area contributed by atoms with Crippen LogP contribution in [-0.4, -0.2) is 45.4 Å². The van der Waals surface area contributed by atoms with Crippen LogP contribution in [0, 0.1) is 10.8 Å². The first-order chi connectivity index (χ1) is 19.4. The van der Waals surface area contributed by atoms with Crippen molar-refractivity contribution in [1.29, 1.82) is 0 Å². The number of alkyl halides is 2. The number of imidazole rings is 1. The number of hydrogen-bond donors (Lipinski definition) is 2. The second-order valence-electron chi connectivity index (χ2n) is 12.6. The van der Waals surface area contributed by atoms with E-state index in [1.807, 2.05) is 4.90 Å². The highest BCUT2D eigenvalue weighted by atomic mass is 32.1. The standard InChI is InChI=1S/C31H39F2N5O2S/c1-6-26(39)37-13-11-31(12-14-37)16-21(17-31)38-23-8-7-20(18-34-19(2)30(3,4)5)15-22(23)35-29(38)36-28(40)25-10-9-24(41-25)27(32)33/h6-10,15,19,21,27,34H,1,11-14,16-18H2,2-5H3,(H,35,36,40)/t19-/m0/s1. The molecule has 2 aliphatic rings. The Labute approximate surface area is 244 Å². The van der Waals surface area contributed by atoms with Gasteiger partial charge in [0, 0.05) is 31.7 Å². The molecule has 1 atom stereocenters. The van der Waals surface area contributed by atoms with Crippen molar-refractivity contribution < 1.29 is 18.4 Å². The van der Waals surface area contributed by atoms with E-state index in [1.165, 1.54) is 18.2 Å². The molecule has 1 saturated heterocycles. The van der Waals surface area contributed by atoms with Gasteiger partial charge in [0.15, 0.2) is 0 Å². The molecular weight excluding hydrogens is 544 g/mol. The Morgan fingerprint density at radius 3 is 2.51 bits per heavy atom. The maximum absolute atomic E-state index is 13.1. The summed E-state index contributed by atoms with van der Waals surface area (Å²) in [6.45, 7) is 14.5. The van der Waals surface area contributed by atoms with Crippen molar-refractivity contribution in [3.63, 3.8) is 0 Å². The van der Waals surface area contributed by atoms with E-state index in [0.29, 0.717) is 18.5 Å². The number of carbonyl (C=O) groups is 2. The number of thiophene rings is 1. The number of nitrogens with one attached hydrogen (secondary N) is 2. The molecule has 7 nitrogen and oxygen atoms in total. The summed E-state index contributed by atoms with van der Waals surface area (Å²) in [7, 11) is 0. The number of amides is 2. The number of aromatic nitrogens is 2. The molecule has 10 heteroatoms. The van der Waals surface area contributed by atoms with Gasteiger partial charge in [-0.3, -0.25) is 14.9 Å². The number of nitrogens with zero attached hydrogens (tertiary/aromatic N) is 3. The van der Waals surface area contributed by atoms with Gasteiger partial charge in [0.25, 0.3) is 12.3 Å². The van der Waals surface area contributed by atoms with Gasteiger partial charge in [-0.1, -0.05) is 33.4 Å². The molecule has 0 radical (unpaired) electrons. The Morgan fingerprint density at radius 1 is 1.20 bits per heavy atom. The first-order valence-corrected chi connectivity index (χ1v) is 15.1. The average Bonchev–Trinajstić information content (AvgIpc) is 3.54. The molecule has 2 aromatic heterocycles. The van der Waals surface area contributed by atoms with E-state index < -0.39 is 12.3 Å². The Hall–Kier alpha value is -3.11. The number of fused-ring (bicyclic) bond motifs is 1. The van der Waals surface area contributed by atoms with Crippen molar-refractivity contribution in [2.24, 2.45) is 10.8 Å². The summed E-state index contributed by atoms with van der Waals surface area (Å²) in [5.41, 5.74) is 3.11. The van der Waals surface area contributed by atoms with Crippen LogP contribution in [0.25, 0.3) is 11.0 Å². The van der Waals surface area contributed by atoms with Crippen LogP contribution in [-0.2, 0) is 11.3 Å². The third-order valence-corrected chi connectivity index (χ3v) is 10.1. The smallest absolute Gasteiger partial charge is 0.272 e. The molecule has 1 aliphatic carbocycles. The number of piperidine rings is 1. The maximum Gasteiger partial charge on any atom is 0.272 e. The van der Waals surface area contributed by atoms with Gasteiger partial charge >= 0.3 is 0 Å². The van der Waals surface area contributed by atoms with Crippen molar-refractivity contribution in [2.75, 3.05) is 18.4 Å². The summed E-state index contributed by atoms with van der Waals surface area (Å²) in [6.07, 6.45) is 2.49. The minimum absolute atomic E-state index is 0.0212. The minimum atomic E-state index is -2.61. The second-order valence-corrected chi connectivity index (χ2v) is 13.8. The Bertz CT molecular complexity index is 1440. The monoisotopic (exact) mass is 583 g/mol. The molecule has 2 fully saturated rings. The van der Waals surface area contributed by atoms with Crippen LogP contribution in [0.3, 0.4) is 0 Å². The van der Waals surface area contributed by atoms with Crippen LogP contribution < -0.4 is 10.6 Å². The van der Waals surface area contributed by atoms with Crippen LogP contribution in [0.1, 0.15) is 86.0 Å². The fourth-order valence-electron chi connectivity index (χ4n) is 5.91. The van der Waals surface area contributed by atoms with Crippen molar-refractivity contribution >= 4 is 40.1 Å². The van der Waals surface area contributed by atoms with Crippen molar-refractivity contribution in [1.82, 2.24) is 19.8 Å². The van der Waals surface area contributed by atoms with Crippen molar-refractivity contribution in [2.45, 2.75) is 78.4 Å². The van der Waals surface area contributed by atoms with Crippen molar-refractivity contribution in [3.8, 4) is 0 Å². The first kappa shape index (κ1) is 29.4. The summed E-state index contributed by atoms with van der Waals surface area (Å²) in [6, 6.07) is 9.40. The number of hydrogen-bond acceptors (Lipinski definition) is 5. The Balaban J connectivity index is 1.39. The molecule has 3 aromatic rings. The van der Waals surface area contributed by atoms with Gasteiger partial charge in [0.05, 0.1) is 20.8 Å². The first-order valence-electron chi connectivity index (χ1n) is 14.2. The molecule has 1 aliphatic heterocycles. The molecule has 3 heterocycles. The van der Waals surface area contributed by atoms with Crippen LogP contribution in [0.2, 0.25) is 0 Å². The summed E-state index contributed by atoms with van der Waals surface area (Å²) in [4.78, 5) is 32.0. The van der Waals surface area contributed by atoms with Gasteiger partial charge in [-0.15, -0.1) is 11.3 Å². The van der Waals surface area contributed by atoms with Gasteiger partial charge in [-0.2, -0.15) is 0 Å². The van der Waals surface area contributed by atoms with Crippen LogP contribution in [0.15, 0.2) is 43.0 Å². The molecule has 0 bridgehead atoms. The maximum atomic E-state index is 13.1. The lowest BCUT2D eigenvalue weighted by molar-refractivity contribution is -0.130. The molecule has 2 N–H and O–H groups in total. The summed E-state index contributed by atoms with van der Waals surface area (Å²) < 4.78 is 28.4. The molecule has 1 spiro atoms. The molecular formula is C31H39F2N5O2S. The van der Waals surface area contributed by atoms with E-state index in [9.17, 15) is 18.4 Å². The fourth-order valence-corrected chi connectivity index (χ4v) is 6.66. The molecule has 0 unspecified atom stereocenters. The number of halogens is 2. The molecule has 5 rings (SSSR count). The van der Waals surface area contributed by atoms with Gasteiger partial charge in [0.2, 0.25) is 11.9 Å². The highest BCUT2D eigenvalue weighted by molar-refractivity contribution is 7.14. The molecule has 2 amide bonds. The molecule has 1 aromatic carbocycles. The number of benzene rings is 1. The topological polar surface area (TPSA) is 79.3 Å². The normalized spacial score (nSPS) is 18.1. The zero-order valence-corrected chi connectivity index (χ0v) is 25.0. The fraction of sp³-hybridized carbons (Fsp3) is 0.516. The van der Waals surface area contributed by atoms with E-state index in [1.54, 1.807) is 0 Å². The Kier molecular flexibility index (Phi) is 8.09. The van der Waals surface area contributed by atoms with Crippen molar-refractivity contribution in [3.05, 3.63) is 58.3 Å². The number of anilines is 1. The molecule has 1 saturated carbocycles. The van der Waals surface area contributed by atoms with Gasteiger partial charge in [0.1, 0.15) is 0 Å². The van der Waals surface area contributed by atoms with Crippen LogP contribution >= 0.6 is 11.3 Å². The minimum Gasteiger partial charge on any atom is -0.339 e. The number of rotatable bonds is 8. The zero-order chi connectivity index (χ0) is 29.5. The summed E-state index contributed by atoms with van der Waals surface area (Å²) in [5, 5.41) is 6.52. The Morgan fingerprint density at radius 2 is 1.90 bits per heavy atom. The lowest BCUT2D eigenvalue weighted by Gasteiger charge is -2.52. The third-order valence-electron chi connectivity index (χ3n) is 8.97. The highest BCUT2D eigenvalue weighted by Gasteiger charge is 2.48. The van der Waals surface area contributed by atoms with E-state index in [-0.39, 0.29) is 32.5 Å².